The van der Waals surface area contributed by atoms with E-state index in [1.807, 2.05) is 24.4 Å². The molecule has 0 spiro atoms. The lowest BCUT2D eigenvalue weighted by Crippen LogP contribution is -2.23. The number of anilines is 1. The van der Waals surface area contributed by atoms with Gasteiger partial charge in [-0.1, -0.05) is 12.1 Å². The molecular weight excluding hydrogens is 356 g/mol. The normalized spacial score (nSPS) is 17.8. The Hall–Kier alpha value is -2.08. The smallest absolute Gasteiger partial charge is 0.171 e. The van der Waals surface area contributed by atoms with Gasteiger partial charge in [-0.05, 0) is 52.5 Å². The van der Waals surface area contributed by atoms with E-state index in [0.717, 1.165) is 34.7 Å². The molecule has 1 aliphatic rings. The maximum atomic E-state index is 5.25. The third-order valence-corrected chi connectivity index (χ3v) is 4.92. The van der Waals surface area contributed by atoms with Gasteiger partial charge in [-0.15, -0.1) is 0 Å². The molecule has 1 saturated heterocycles. The molecule has 1 aromatic carbocycles. The molecule has 3 aromatic rings. The molecule has 23 heavy (non-hydrogen) atoms. The van der Waals surface area contributed by atoms with E-state index in [2.05, 4.69) is 38.1 Å². The fourth-order valence-electron chi connectivity index (χ4n) is 3.21. The summed E-state index contributed by atoms with van der Waals surface area (Å²) in [6.07, 6.45) is 6.05. The quantitative estimate of drug-likeness (QED) is 0.700. The molecule has 1 fully saturated rings. The summed E-state index contributed by atoms with van der Waals surface area (Å²) in [6.45, 7) is 1.02. The maximum Gasteiger partial charge on any atom is 0.171 e. The molecule has 0 bridgehead atoms. The monoisotopic (exact) mass is 372 g/mol. The fourth-order valence-corrected chi connectivity index (χ4v) is 3.57. The van der Waals surface area contributed by atoms with Crippen LogP contribution in [0.5, 0.6) is 5.75 Å². The summed E-state index contributed by atoms with van der Waals surface area (Å²) in [7, 11) is 1.69. The van der Waals surface area contributed by atoms with E-state index in [0.29, 0.717) is 6.04 Å². The first kappa shape index (κ1) is 14.5. The second-order valence-corrected chi connectivity index (χ2v) is 6.53. The molecule has 0 amide bonds. The van der Waals surface area contributed by atoms with Crippen molar-refractivity contribution in [3.63, 3.8) is 0 Å². The van der Waals surface area contributed by atoms with Crippen molar-refractivity contribution in [2.24, 2.45) is 0 Å². The highest BCUT2D eigenvalue weighted by molar-refractivity contribution is 9.10. The summed E-state index contributed by atoms with van der Waals surface area (Å²) in [5.74, 6) is 1.89. The van der Waals surface area contributed by atoms with E-state index >= 15 is 0 Å². The predicted octanol–water partition coefficient (Wildman–Crippen LogP) is 3.84. The Balaban J connectivity index is 1.69. The van der Waals surface area contributed by atoms with Crippen molar-refractivity contribution in [2.45, 2.75) is 18.9 Å². The Labute approximate surface area is 143 Å². The Morgan fingerprint density at radius 2 is 2.04 bits per heavy atom. The number of nitrogens with zero attached hydrogens (tertiary/aromatic N) is 4. The number of halogens is 1. The van der Waals surface area contributed by atoms with Gasteiger partial charge in [0.1, 0.15) is 11.6 Å². The first-order valence-electron chi connectivity index (χ1n) is 7.67. The molecule has 3 heterocycles. The zero-order valence-corrected chi connectivity index (χ0v) is 14.4. The molecule has 1 aliphatic heterocycles. The van der Waals surface area contributed by atoms with Gasteiger partial charge in [-0.25, -0.2) is 9.50 Å². The zero-order chi connectivity index (χ0) is 15.8. The Kier molecular flexibility index (Phi) is 3.69. The van der Waals surface area contributed by atoms with Crippen LogP contribution in [-0.4, -0.2) is 28.3 Å². The summed E-state index contributed by atoms with van der Waals surface area (Å²) in [5, 5.41) is 4.26. The van der Waals surface area contributed by atoms with Gasteiger partial charge in [-0.2, -0.15) is 5.10 Å². The second kappa shape index (κ2) is 5.85. The maximum absolute atomic E-state index is 5.25. The Morgan fingerprint density at radius 1 is 1.22 bits per heavy atom. The lowest BCUT2D eigenvalue weighted by atomic mass is 10.0. The average Bonchev–Trinajstić information content (AvgIpc) is 3.22. The van der Waals surface area contributed by atoms with Crippen LogP contribution in [0.1, 0.15) is 24.4 Å². The lowest BCUT2D eigenvalue weighted by Gasteiger charge is -2.26. The highest BCUT2D eigenvalue weighted by Crippen LogP contribution is 2.36. The third-order valence-electron chi connectivity index (χ3n) is 4.36. The third kappa shape index (κ3) is 2.57. The van der Waals surface area contributed by atoms with Crippen molar-refractivity contribution in [1.29, 1.82) is 0 Å². The van der Waals surface area contributed by atoms with Crippen LogP contribution >= 0.6 is 15.9 Å². The van der Waals surface area contributed by atoms with Crippen molar-refractivity contribution in [2.75, 3.05) is 18.6 Å². The van der Waals surface area contributed by atoms with E-state index in [9.17, 15) is 0 Å². The minimum atomic E-state index is 0.359. The van der Waals surface area contributed by atoms with Crippen molar-refractivity contribution < 1.29 is 4.74 Å². The standard InChI is InChI=1S/C17H17BrN4O/c1-23-13-6-4-12(5-7-13)15-3-2-9-21(15)16-8-10-22-17(20-16)14(18)11-19-22/h4-8,10-11,15H,2-3,9H2,1H3. The minimum absolute atomic E-state index is 0.359. The molecule has 5 nitrogen and oxygen atoms in total. The van der Waals surface area contributed by atoms with Gasteiger partial charge in [0.25, 0.3) is 0 Å². The number of ether oxygens (including phenoxy) is 1. The summed E-state index contributed by atoms with van der Waals surface area (Å²) < 4.78 is 7.95. The van der Waals surface area contributed by atoms with Crippen LogP contribution in [0.25, 0.3) is 5.65 Å². The number of benzene rings is 1. The van der Waals surface area contributed by atoms with Gasteiger partial charge < -0.3 is 9.64 Å². The highest BCUT2D eigenvalue weighted by atomic mass is 79.9. The van der Waals surface area contributed by atoms with Gasteiger partial charge in [0.05, 0.1) is 23.8 Å². The van der Waals surface area contributed by atoms with Crippen LogP contribution in [0, 0.1) is 0 Å². The van der Waals surface area contributed by atoms with Crippen LogP contribution in [-0.2, 0) is 0 Å². The average molecular weight is 373 g/mol. The summed E-state index contributed by atoms with van der Waals surface area (Å²) in [4.78, 5) is 7.16. The van der Waals surface area contributed by atoms with E-state index < -0.39 is 0 Å². The van der Waals surface area contributed by atoms with Crippen LogP contribution in [0.4, 0.5) is 5.82 Å². The van der Waals surface area contributed by atoms with Gasteiger partial charge in [0.15, 0.2) is 5.65 Å². The Bertz CT molecular complexity index is 830. The van der Waals surface area contributed by atoms with Crippen molar-refractivity contribution in [3.05, 3.63) is 52.8 Å². The van der Waals surface area contributed by atoms with Gasteiger partial charge >= 0.3 is 0 Å². The molecule has 0 N–H and O–H groups in total. The topological polar surface area (TPSA) is 42.7 Å². The second-order valence-electron chi connectivity index (χ2n) is 5.67. The van der Waals surface area contributed by atoms with Crippen LogP contribution < -0.4 is 9.64 Å². The number of hydrogen-bond acceptors (Lipinski definition) is 4. The van der Waals surface area contributed by atoms with Crippen molar-refractivity contribution in [3.8, 4) is 5.75 Å². The van der Waals surface area contributed by atoms with Gasteiger partial charge in [-0.3, -0.25) is 0 Å². The highest BCUT2D eigenvalue weighted by Gasteiger charge is 2.27. The molecule has 0 radical (unpaired) electrons. The summed E-state index contributed by atoms with van der Waals surface area (Å²) in [6, 6.07) is 10.7. The Morgan fingerprint density at radius 3 is 2.83 bits per heavy atom. The number of hydrogen-bond donors (Lipinski definition) is 0. The molecule has 1 unspecified atom stereocenters. The number of fused-ring (bicyclic) bond motifs is 1. The van der Waals surface area contributed by atoms with Crippen molar-refractivity contribution in [1.82, 2.24) is 14.6 Å². The molecule has 0 saturated carbocycles. The van der Waals surface area contributed by atoms with Gasteiger partial charge in [0.2, 0.25) is 0 Å². The molecule has 4 rings (SSSR count). The van der Waals surface area contributed by atoms with Crippen LogP contribution in [0.2, 0.25) is 0 Å². The zero-order valence-electron chi connectivity index (χ0n) is 12.8. The number of aromatic nitrogens is 3. The van der Waals surface area contributed by atoms with Gasteiger partial charge in [0, 0.05) is 12.7 Å². The molecule has 1 atom stereocenters. The predicted molar refractivity (Wildman–Crippen MR) is 93.0 cm³/mol. The van der Waals surface area contributed by atoms with E-state index in [4.69, 9.17) is 9.72 Å². The molecule has 6 heteroatoms. The first-order chi connectivity index (χ1) is 11.3. The largest absolute Gasteiger partial charge is 0.497 e. The molecule has 118 valence electrons. The van der Waals surface area contributed by atoms with Crippen LogP contribution in [0.3, 0.4) is 0 Å². The minimum Gasteiger partial charge on any atom is -0.497 e. The summed E-state index contributed by atoms with van der Waals surface area (Å²) >= 11 is 3.51. The number of rotatable bonds is 3. The molecular formula is C17H17BrN4O. The lowest BCUT2D eigenvalue weighted by molar-refractivity contribution is 0.414. The summed E-state index contributed by atoms with van der Waals surface area (Å²) in [5.41, 5.74) is 2.15. The molecule has 2 aromatic heterocycles. The van der Waals surface area contributed by atoms with E-state index in [-0.39, 0.29) is 0 Å². The van der Waals surface area contributed by atoms with E-state index in [1.54, 1.807) is 17.8 Å². The molecule has 0 aliphatic carbocycles. The SMILES string of the molecule is COc1ccc(C2CCCN2c2ccn3ncc(Br)c3n2)cc1. The van der Waals surface area contributed by atoms with Crippen LogP contribution in [0.15, 0.2) is 47.2 Å². The van der Waals surface area contributed by atoms with Crippen molar-refractivity contribution >= 4 is 27.4 Å². The number of methoxy groups -OCH3 is 1. The fraction of sp³-hybridized carbons (Fsp3) is 0.294. The van der Waals surface area contributed by atoms with E-state index in [1.165, 1.54) is 12.0 Å². The first-order valence-corrected chi connectivity index (χ1v) is 8.46.